The van der Waals surface area contributed by atoms with Gasteiger partial charge in [-0.2, -0.15) is 0 Å². The SMILES string of the molecule is CN1CC(CCN2CCCC2)Oc2ncc(Cl)cc2C1=O.O=C(O)/C=C/C(=O)O. The molecule has 1 unspecified atom stereocenters. The Balaban J connectivity index is 0.000000321. The van der Waals surface area contributed by atoms with Crippen LogP contribution in [-0.2, 0) is 9.59 Å². The lowest BCUT2D eigenvalue weighted by atomic mass is 10.2. The number of rotatable bonds is 5. The number of carboxylic acids is 2. The van der Waals surface area contributed by atoms with Crippen molar-refractivity contribution in [1.82, 2.24) is 14.8 Å². The van der Waals surface area contributed by atoms with Crippen LogP contribution in [0.2, 0.25) is 5.02 Å². The second-order valence-electron chi connectivity index (χ2n) is 6.78. The van der Waals surface area contributed by atoms with Crippen molar-refractivity contribution in [2.24, 2.45) is 0 Å². The molecule has 0 radical (unpaired) electrons. The van der Waals surface area contributed by atoms with Crippen LogP contribution in [0.1, 0.15) is 29.6 Å². The van der Waals surface area contributed by atoms with Crippen molar-refractivity contribution in [1.29, 1.82) is 0 Å². The van der Waals surface area contributed by atoms with E-state index in [4.69, 9.17) is 26.6 Å². The Bertz CT molecular complexity index is 763. The minimum Gasteiger partial charge on any atom is -0.478 e. The Morgan fingerprint density at radius 2 is 1.90 bits per heavy atom. The van der Waals surface area contributed by atoms with Gasteiger partial charge in [-0.25, -0.2) is 14.6 Å². The van der Waals surface area contributed by atoms with Gasteiger partial charge in [0.05, 0.1) is 11.6 Å². The first kappa shape index (κ1) is 22.6. The van der Waals surface area contributed by atoms with Gasteiger partial charge in [0.1, 0.15) is 11.7 Å². The molecule has 0 aliphatic carbocycles. The predicted octanol–water partition coefficient (Wildman–Crippen LogP) is 1.77. The number of carboxylic acid groups (broad SMARTS) is 2. The van der Waals surface area contributed by atoms with Gasteiger partial charge in [-0.15, -0.1) is 0 Å². The molecule has 9 nitrogen and oxygen atoms in total. The Labute approximate surface area is 173 Å². The summed E-state index contributed by atoms with van der Waals surface area (Å²) in [5.41, 5.74) is 0.452. The average Bonchev–Trinajstić information content (AvgIpc) is 3.15. The topological polar surface area (TPSA) is 120 Å². The Morgan fingerprint density at radius 1 is 1.28 bits per heavy atom. The summed E-state index contributed by atoms with van der Waals surface area (Å²) in [6, 6.07) is 1.63. The molecule has 0 spiro atoms. The van der Waals surface area contributed by atoms with Crippen molar-refractivity contribution in [3.63, 3.8) is 0 Å². The lowest BCUT2D eigenvalue weighted by Gasteiger charge is -2.22. The largest absolute Gasteiger partial charge is 0.478 e. The fourth-order valence-electron chi connectivity index (χ4n) is 3.09. The summed E-state index contributed by atoms with van der Waals surface area (Å²) < 4.78 is 5.95. The van der Waals surface area contributed by atoms with Crippen LogP contribution in [0, 0.1) is 0 Å². The average molecular weight is 426 g/mol. The minimum atomic E-state index is -1.26. The standard InChI is InChI=1S/C15H20ClN3O2.C4H4O4/c1-18-10-12(4-7-19-5-2-3-6-19)21-14-13(15(18)20)8-11(16)9-17-14;5-3(6)1-2-4(7)8/h8-9,12H,2-7,10H2,1H3;1-2H,(H,5,6)(H,7,8)/b;2-1+. The number of halogens is 1. The predicted molar refractivity (Wildman–Crippen MR) is 105 cm³/mol. The number of aliphatic carboxylic acids is 2. The maximum absolute atomic E-state index is 12.3. The van der Waals surface area contributed by atoms with Crippen molar-refractivity contribution in [3.8, 4) is 5.88 Å². The first-order chi connectivity index (χ1) is 13.8. The number of fused-ring (bicyclic) bond motifs is 1. The summed E-state index contributed by atoms with van der Waals surface area (Å²) in [5, 5.41) is 16.1. The van der Waals surface area contributed by atoms with E-state index in [0.717, 1.165) is 13.0 Å². The zero-order valence-electron chi connectivity index (χ0n) is 16.1. The summed E-state index contributed by atoms with van der Waals surface area (Å²) in [6.07, 6.45) is 6.09. The molecule has 2 aliphatic rings. The lowest BCUT2D eigenvalue weighted by Crippen LogP contribution is -2.36. The molecule has 10 heteroatoms. The van der Waals surface area contributed by atoms with E-state index in [0.29, 0.717) is 35.2 Å². The highest BCUT2D eigenvalue weighted by atomic mass is 35.5. The van der Waals surface area contributed by atoms with Crippen LogP contribution in [0.15, 0.2) is 24.4 Å². The molecule has 1 aromatic rings. The third kappa shape index (κ3) is 7.35. The molecule has 3 heterocycles. The quantitative estimate of drug-likeness (QED) is 0.685. The van der Waals surface area contributed by atoms with Gasteiger partial charge in [0, 0.05) is 31.9 Å². The molecule has 1 atom stereocenters. The number of hydrogen-bond donors (Lipinski definition) is 2. The van der Waals surface area contributed by atoms with E-state index >= 15 is 0 Å². The molecule has 29 heavy (non-hydrogen) atoms. The molecular formula is C19H24ClN3O6. The number of carbonyl (C=O) groups is 3. The highest BCUT2D eigenvalue weighted by Crippen LogP contribution is 2.26. The van der Waals surface area contributed by atoms with Crippen LogP contribution >= 0.6 is 11.6 Å². The van der Waals surface area contributed by atoms with E-state index in [-0.39, 0.29) is 12.0 Å². The van der Waals surface area contributed by atoms with Crippen LogP contribution in [0.3, 0.4) is 0 Å². The number of likely N-dealkylation sites (tertiary alicyclic amines) is 1. The van der Waals surface area contributed by atoms with E-state index in [1.165, 1.54) is 32.1 Å². The zero-order chi connectivity index (χ0) is 21.4. The molecule has 0 bridgehead atoms. The Morgan fingerprint density at radius 3 is 2.48 bits per heavy atom. The van der Waals surface area contributed by atoms with Gasteiger partial charge in [-0.05, 0) is 38.4 Å². The van der Waals surface area contributed by atoms with E-state index in [2.05, 4.69) is 9.88 Å². The molecular weight excluding hydrogens is 402 g/mol. The number of ether oxygens (including phenoxy) is 1. The number of likely N-dealkylation sites (N-methyl/N-ethyl adjacent to an activating group) is 1. The van der Waals surface area contributed by atoms with Crippen molar-refractivity contribution in [3.05, 3.63) is 35.0 Å². The van der Waals surface area contributed by atoms with E-state index < -0.39 is 11.9 Å². The first-order valence-electron chi connectivity index (χ1n) is 9.20. The Kier molecular flexibility index (Phi) is 8.41. The number of pyridine rings is 1. The van der Waals surface area contributed by atoms with Gasteiger partial charge in [0.25, 0.3) is 5.91 Å². The normalized spacial score (nSPS) is 19.2. The van der Waals surface area contributed by atoms with E-state index in [1.54, 1.807) is 18.0 Å². The summed E-state index contributed by atoms with van der Waals surface area (Å²) in [5.74, 6) is -2.19. The molecule has 1 amide bonds. The number of amides is 1. The fraction of sp³-hybridized carbons (Fsp3) is 0.474. The Hall–Kier alpha value is -2.65. The monoisotopic (exact) mass is 425 g/mol. The molecule has 1 fully saturated rings. The van der Waals surface area contributed by atoms with Gasteiger partial charge in [-0.1, -0.05) is 11.6 Å². The third-order valence-electron chi connectivity index (χ3n) is 4.49. The highest BCUT2D eigenvalue weighted by Gasteiger charge is 2.28. The van der Waals surface area contributed by atoms with Gasteiger partial charge >= 0.3 is 11.9 Å². The number of aromatic nitrogens is 1. The molecule has 0 aromatic carbocycles. The smallest absolute Gasteiger partial charge is 0.328 e. The zero-order valence-corrected chi connectivity index (χ0v) is 16.8. The van der Waals surface area contributed by atoms with Gasteiger partial charge in [0.15, 0.2) is 0 Å². The molecule has 3 rings (SSSR count). The van der Waals surface area contributed by atoms with Crippen molar-refractivity contribution < 1.29 is 29.3 Å². The summed E-state index contributed by atoms with van der Waals surface area (Å²) in [4.78, 5) is 39.8. The molecule has 1 saturated heterocycles. The van der Waals surface area contributed by atoms with Crippen LogP contribution in [-0.4, -0.2) is 82.2 Å². The third-order valence-corrected chi connectivity index (χ3v) is 4.69. The fourth-order valence-corrected chi connectivity index (χ4v) is 3.25. The van der Waals surface area contributed by atoms with E-state index in [1.807, 2.05) is 0 Å². The van der Waals surface area contributed by atoms with Gasteiger partial charge in [0.2, 0.25) is 5.88 Å². The van der Waals surface area contributed by atoms with Crippen LogP contribution < -0.4 is 4.74 Å². The second kappa shape index (κ2) is 10.8. The van der Waals surface area contributed by atoms with Gasteiger partial charge in [-0.3, -0.25) is 4.79 Å². The molecule has 2 N–H and O–H groups in total. The number of nitrogens with zero attached hydrogens (tertiary/aromatic N) is 3. The maximum Gasteiger partial charge on any atom is 0.328 e. The number of hydrogen-bond acceptors (Lipinski definition) is 6. The van der Waals surface area contributed by atoms with Crippen molar-refractivity contribution in [2.45, 2.75) is 25.4 Å². The second-order valence-corrected chi connectivity index (χ2v) is 7.22. The van der Waals surface area contributed by atoms with Crippen LogP contribution in [0.4, 0.5) is 0 Å². The minimum absolute atomic E-state index is 0.0190. The molecule has 0 saturated carbocycles. The maximum atomic E-state index is 12.3. The van der Waals surface area contributed by atoms with Crippen LogP contribution in [0.25, 0.3) is 0 Å². The first-order valence-corrected chi connectivity index (χ1v) is 9.58. The summed E-state index contributed by atoms with van der Waals surface area (Å²) >= 11 is 5.93. The molecule has 2 aliphatic heterocycles. The number of carbonyl (C=O) groups excluding carboxylic acids is 1. The summed E-state index contributed by atoms with van der Waals surface area (Å²) in [6.45, 7) is 3.94. The summed E-state index contributed by atoms with van der Waals surface area (Å²) in [7, 11) is 1.80. The van der Waals surface area contributed by atoms with Crippen LogP contribution in [0.5, 0.6) is 5.88 Å². The van der Waals surface area contributed by atoms with Gasteiger partial charge < -0.3 is 24.7 Å². The van der Waals surface area contributed by atoms with Crippen molar-refractivity contribution >= 4 is 29.4 Å². The lowest BCUT2D eigenvalue weighted by molar-refractivity contribution is -0.134. The van der Waals surface area contributed by atoms with E-state index in [9.17, 15) is 14.4 Å². The molecule has 1 aromatic heterocycles. The highest BCUT2D eigenvalue weighted by molar-refractivity contribution is 6.30. The molecule has 158 valence electrons. The van der Waals surface area contributed by atoms with Crippen molar-refractivity contribution in [2.75, 3.05) is 33.2 Å².